The Morgan fingerprint density at radius 2 is 2.00 bits per heavy atom. The molecule has 0 aliphatic rings. The molecule has 0 saturated carbocycles. The molecule has 0 aliphatic carbocycles. The van der Waals surface area contributed by atoms with Crippen LogP contribution in [0, 0.1) is 11.3 Å². The van der Waals surface area contributed by atoms with Gasteiger partial charge in [0.2, 0.25) is 0 Å². The lowest BCUT2D eigenvalue weighted by Crippen LogP contribution is -2.13. The molecule has 1 aromatic rings. The monoisotopic (exact) mass is 206 g/mol. The normalized spacial score (nSPS) is 10.8. The molecule has 0 atom stereocenters. The van der Waals surface area contributed by atoms with Crippen molar-refractivity contribution in [2.75, 3.05) is 4.72 Å². The van der Waals surface area contributed by atoms with E-state index in [0.717, 1.165) is 16.8 Å². The van der Waals surface area contributed by atoms with Crippen molar-refractivity contribution in [1.29, 1.82) is 5.26 Å². The van der Waals surface area contributed by atoms with E-state index >= 15 is 0 Å². The third-order valence-electron chi connectivity index (χ3n) is 2.08. The molecule has 0 saturated heterocycles. The molecule has 0 bridgehead atoms. The van der Waals surface area contributed by atoms with Crippen LogP contribution in [-0.4, -0.2) is 0 Å². The van der Waals surface area contributed by atoms with Gasteiger partial charge in [0.25, 0.3) is 0 Å². The van der Waals surface area contributed by atoms with Gasteiger partial charge in [-0.2, -0.15) is 5.26 Å². The van der Waals surface area contributed by atoms with Crippen LogP contribution < -0.4 is 4.72 Å². The molecule has 0 radical (unpaired) electrons. The topological polar surface area (TPSA) is 35.8 Å². The summed E-state index contributed by atoms with van der Waals surface area (Å²) in [4.78, 5) is 0. The van der Waals surface area contributed by atoms with Crippen molar-refractivity contribution in [3.05, 3.63) is 29.3 Å². The number of hydrogen-bond acceptors (Lipinski definition) is 3. The maximum absolute atomic E-state index is 8.96. The van der Waals surface area contributed by atoms with Crippen LogP contribution in [0.15, 0.2) is 18.2 Å². The minimum atomic E-state index is -0.0221. The Bertz CT molecular complexity index is 372. The van der Waals surface area contributed by atoms with Gasteiger partial charge < -0.3 is 4.72 Å². The zero-order valence-corrected chi connectivity index (χ0v) is 9.52. The molecule has 1 N–H and O–H groups in total. The number of rotatable bonds is 1. The molecule has 14 heavy (non-hydrogen) atoms. The molecule has 0 spiro atoms. The summed E-state index contributed by atoms with van der Waals surface area (Å²) in [6.07, 6.45) is 0. The highest BCUT2D eigenvalue weighted by Crippen LogP contribution is 2.28. The van der Waals surface area contributed by atoms with Gasteiger partial charge in [0, 0.05) is 5.69 Å². The van der Waals surface area contributed by atoms with Crippen LogP contribution in [0.2, 0.25) is 0 Å². The van der Waals surface area contributed by atoms with Crippen molar-refractivity contribution < 1.29 is 0 Å². The lowest BCUT2D eigenvalue weighted by Gasteiger charge is -2.21. The van der Waals surface area contributed by atoms with Gasteiger partial charge in [-0.1, -0.05) is 33.6 Å². The number of nitriles is 1. The molecule has 0 aromatic heterocycles. The van der Waals surface area contributed by atoms with Crippen LogP contribution in [-0.2, 0) is 5.41 Å². The molecule has 0 amide bonds. The van der Waals surface area contributed by atoms with Gasteiger partial charge in [0.15, 0.2) is 0 Å². The zero-order valence-electron chi connectivity index (χ0n) is 8.63. The number of nitrogens with zero attached hydrogens (tertiary/aromatic N) is 1. The second-order valence-electron chi connectivity index (χ2n) is 4.23. The van der Waals surface area contributed by atoms with Gasteiger partial charge in [0.1, 0.15) is 0 Å². The Balaban J connectivity index is 3.31. The van der Waals surface area contributed by atoms with Gasteiger partial charge >= 0.3 is 0 Å². The molecule has 74 valence electrons. The molecule has 2 nitrogen and oxygen atoms in total. The van der Waals surface area contributed by atoms with E-state index in [-0.39, 0.29) is 5.41 Å². The maximum Gasteiger partial charge on any atom is 0.0994 e. The Kier molecular flexibility index (Phi) is 3.07. The minimum absolute atomic E-state index is 0.0221. The van der Waals surface area contributed by atoms with E-state index in [2.05, 4.69) is 44.4 Å². The zero-order chi connectivity index (χ0) is 10.8. The molecule has 0 aliphatic heterocycles. The average Bonchev–Trinajstić information content (AvgIpc) is 2.15. The number of benzene rings is 1. The summed E-state index contributed by atoms with van der Waals surface area (Å²) in [5.74, 6) is 0. The first-order valence-corrected chi connectivity index (χ1v) is 4.88. The molecule has 0 fully saturated rings. The summed E-state index contributed by atoms with van der Waals surface area (Å²) in [5, 5.41) is 8.96. The minimum Gasteiger partial charge on any atom is -0.332 e. The van der Waals surface area contributed by atoms with E-state index in [9.17, 15) is 0 Å². The summed E-state index contributed by atoms with van der Waals surface area (Å²) < 4.78 is 2.78. The highest BCUT2D eigenvalue weighted by Gasteiger charge is 2.18. The second-order valence-corrected chi connectivity index (χ2v) is 4.46. The van der Waals surface area contributed by atoms with Gasteiger partial charge in [-0.05, 0) is 29.2 Å². The Labute approximate surface area is 90.5 Å². The smallest absolute Gasteiger partial charge is 0.0994 e. The number of anilines is 1. The summed E-state index contributed by atoms with van der Waals surface area (Å²) in [6, 6.07) is 7.83. The summed E-state index contributed by atoms with van der Waals surface area (Å²) in [6.45, 7) is 6.27. The van der Waals surface area contributed by atoms with E-state index < -0.39 is 0 Å². The lowest BCUT2D eigenvalue weighted by atomic mass is 9.84. The second kappa shape index (κ2) is 3.93. The molecular formula is C11H14N2S. The molecule has 0 heterocycles. The van der Waals surface area contributed by atoms with Crippen LogP contribution in [0.4, 0.5) is 5.69 Å². The number of hydrogen-bond donors (Lipinski definition) is 2. The van der Waals surface area contributed by atoms with E-state index in [1.807, 2.05) is 18.2 Å². The average molecular weight is 206 g/mol. The predicted molar refractivity (Wildman–Crippen MR) is 62.5 cm³/mol. The van der Waals surface area contributed by atoms with E-state index in [4.69, 9.17) is 5.26 Å². The van der Waals surface area contributed by atoms with Crippen LogP contribution in [0.5, 0.6) is 0 Å². The van der Waals surface area contributed by atoms with Crippen molar-refractivity contribution in [2.45, 2.75) is 26.2 Å². The molecule has 1 aromatic carbocycles. The third kappa shape index (κ3) is 2.21. The van der Waals surface area contributed by atoms with Crippen molar-refractivity contribution in [3.8, 4) is 6.07 Å². The summed E-state index contributed by atoms with van der Waals surface area (Å²) >= 11 is 3.98. The quantitative estimate of drug-likeness (QED) is 0.693. The Morgan fingerprint density at radius 1 is 1.36 bits per heavy atom. The third-order valence-corrected chi connectivity index (χ3v) is 2.34. The molecule has 0 unspecified atom stereocenters. The summed E-state index contributed by atoms with van der Waals surface area (Å²) in [5.41, 5.74) is 2.66. The van der Waals surface area contributed by atoms with Crippen molar-refractivity contribution in [2.24, 2.45) is 0 Å². The molecule has 1 rings (SSSR count). The highest BCUT2D eigenvalue weighted by atomic mass is 32.1. The van der Waals surface area contributed by atoms with Gasteiger partial charge in [-0.3, -0.25) is 0 Å². The number of thiol groups is 1. The molecule has 3 heteroatoms. The molecular weight excluding hydrogens is 192 g/mol. The highest BCUT2D eigenvalue weighted by molar-refractivity contribution is 7.81. The predicted octanol–water partition coefficient (Wildman–Crippen LogP) is 3.11. The van der Waals surface area contributed by atoms with E-state index in [1.54, 1.807) is 0 Å². The Hall–Kier alpha value is -1.14. The fraction of sp³-hybridized carbons (Fsp3) is 0.364. The summed E-state index contributed by atoms with van der Waals surface area (Å²) in [7, 11) is 0. The largest absolute Gasteiger partial charge is 0.332 e. The SMILES string of the molecule is CC(C)(C)c1cc(NS)ccc1C#N. The van der Waals surface area contributed by atoms with Crippen LogP contribution in [0.3, 0.4) is 0 Å². The maximum atomic E-state index is 8.96. The standard InChI is InChI=1S/C11H14N2S/c1-11(2,3)10-6-9(13-14)5-4-8(10)7-12/h4-6,13-14H,1-3H3. The first-order chi connectivity index (χ1) is 6.49. The first kappa shape index (κ1) is 10.9. The lowest BCUT2D eigenvalue weighted by molar-refractivity contribution is 0.589. The van der Waals surface area contributed by atoms with Crippen molar-refractivity contribution in [1.82, 2.24) is 0 Å². The van der Waals surface area contributed by atoms with Crippen LogP contribution in [0.1, 0.15) is 31.9 Å². The number of nitrogens with one attached hydrogen (secondary N) is 1. The first-order valence-electron chi connectivity index (χ1n) is 4.44. The van der Waals surface area contributed by atoms with E-state index in [1.165, 1.54) is 0 Å². The van der Waals surface area contributed by atoms with E-state index in [0.29, 0.717) is 0 Å². The van der Waals surface area contributed by atoms with Crippen molar-refractivity contribution >= 4 is 18.5 Å². The van der Waals surface area contributed by atoms with Crippen molar-refractivity contribution in [3.63, 3.8) is 0 Å². The van der Waals surface area contributed by atoms with Crippen LogP contribution >= 0.6 is 12.8 Å². The van der Waals surface area contributed by atoms with Gasteiger partial charge in [-0.25, -0.2) is 0 Å². The fourth-order valence-electron chi connectivity index (χ4n) is 1.33. The fourth-order valence-corrected chi connectivity index (χ4v) is 1.47. The van der Waals surface area contributed by atoms with Crippen LogP contribution in [0.25, 0.3) is 0 Å². The van der Waals surface area contributed by atoms with Gasteiger partial charge in [-0.15, -0.1) is 0 Å². The Morgan fingerprint density at radius 3 is 2.43 bits per heavy atom. The van der Waals surface area contributed by atoms with Gasteiger partial charge in [0.05, 0.1) is 11.6 Å².